The maximum absolute atomic E-state index is 10.9. The van der Waals surface area contributed by atoms with Crippen molar-refractivity contribution in [3.8, 4) is 0 Å². The molecule has 0 rings (SSSR count). The van der Waals surface area contributed by atoms with E-state index < -0.39 is 40.7 Å². The summed E-state index contributed by atoms with van der Waals surface area (Å²) in [6.45, 7) is 19.3. The van der Waals surface area contributed by atoms with Crippen LogP contribution in [0, 0.1) is 28.6 Å². The third-order valence-electron chi connectivity index (χ3n) is 6.56. The Morgan fingerprint density at radius 3 is 0.964 bits per heavy atom. The Morgan fingerprint density at radius 1 is 0.600 bits per heavy atom. The van der Waals surface area contributed by atoms with Crippen LogP contribution < -0.4 is 88.2 Å². The van der Waals surface area contributed by atoms with Crippen molar-refractivity contribution in [1.29, 1.82) is 0 Å². The third-order valence-corrected chi connectivity index (χ3v) is 7.09. The van der Waals surface area contributed by atoms with Gasteiger partial charge in [-0.2, -0.15) is 13.8 Å². The number of hydrogen-bond acceptors (Lipinski definition) is 10. The van der Waals surface area contributed by atoms with Gasteiger partial charge in [-0.05, 0) is 85.0 Å². The van der Waals surface area contributed by atoms with Crippen LogP contribution in [0.2, 0.25) is 0 Å². The number of halogens is 2. The second-order valence-electron chi connectivity index (χ2n) is 13.6. The van der Waals surface area contributed by atoms with E-state index in [-0.39, 0.29) is 89.8 Å². The first kappa shape index (κ1) is 76.0. The molecule has 13 nitrogen and oxygen atoms in total. The van der Waals surface area contributed by atoms with Crippen LogP contribution in [0.3, 0.4) is 0 Å². The molecule has 4 N–H and O–H groups in total. The van der Waals surface area contributed by atoms with Crippen molar-refractivity contribution in [2.75, 3.05) is 45.3 Å². The monoisotopic (exact) mass is 846 g/mol. The summed E-state index contributed by atoms with van der Waals surface area (Å²) in [5, 5.41) is 52.1. The van der Waals surface area contributed by atoms with Crippen LogP contribution in [0.15, 0.2) is 0 Å². The number of aliphatic hydroxyl groups excluding tert-OH is 1. The van der Waals surface area contributed by atoms with E-state index in [0.717, 1.165) is 83.5 Å². The van der Waals surface area contributed by atoms with Crippen molar-refractivity contribution in [3.63, 3.8) is 0 Å². The molecule has 0 aliphatic carbocycles. The van der Waals surface area contributed by atoms with E-state index in [1.54, 1.807) is 55.4 Å². The van der Waals surface area contributed by atoms with Gasteiger partial charge >= 0.3 is 95.9 Å². The van der Waals surface area contributed by atoms with Crippen molar-refractivity contribution in [2.24, 2.45) is 22.7 Å². The number of carboxylic acid groups (broad SMARTS) is 5. The molecule has 0 saturated carbocycles. The van der Waals surface area contributed by atoms with Crippen molar-refractivity contribution < 1.29 is 142 Å². The zero-order valence-corrected chi connectivity index (χ0v) is 42.2. The second kappa shape index (κ2) is 52.3. The second-order valence-corrected chi connectivity index (χ2v) is 14.3. The average molecular weight is 848 g/mol. The fourth-order valence-electron chi connectivity index (χ4n) is 2.56. The number of carbonyl (C=O) groups excluding carboxylic acids is 2. The molecule has 0 saturated heterocycles. The van der Waals surface area contributed by atoms with Gasteiger partial charge in [0.2, 0.25) is 0 Å². The predicted molar refractivity (Wildman–Crippen MR) is 202 cm³/mol. The van der Waals surface area contributed by atoms with Gasteiger partial charge < -0.3 is 55.6 Å². The summed E-state index contributed by atoms with van der Waals surface area (Å²) in [7, 11) is 1.00. The number of aliphatic hydroxyl groups is 1. The summed E-state index contributed by atoms with van der Waals surface area (Å²) in [6.07, 6.45) is 8.95. The number of ether oxygens (including phenoxy) is 2. The summed E-state index contributed by atoms with van der Waals surface area (Å²) in [5.41, 5.74) is -1.33. The first-order valence-corrected chi connectivity index (χ1v) is 18.6. The van der Waals surface area contributed by atoms with Crippen LogP contribution in [0.5, 0.6) is 0 Å². The molecular formula is C37H71Cl2LiNa2O13. The Labute approximate surface area is 398 Å². The average Bonchev–Trinajstić information content (AvgIpc) is 3.05. The van der Waals surface area contributed by atoms with Crippen molar-refractivity contribution in [1.82, 2.24) is 0 Å². The molecule has 0 fully saturated rings. The molecule has 314 valence electrons. The number of carbonyl (C=O) groups is 5. The smallest absolute Gasteiger partial charge is 0.584 e. The first-order valence-electron chi connectivity index (χ1n) is 17.6. The van der Waals surface area contributed by atoms with Gasteiger partial charge in [0.1, 0.15) is 0 Å². The van der Waals surface area contributed by atoms with Gasteiger partial charge in [-0.15, -0.1) is 23.2 Å². The van der Waals surface area contributed by atoms with Crippen LogP contribution in [0.1, 0.15) is 133 Å². The van der Waals surface area contributed by atoms with Crippen LogP contribution >= 0.6 is 23.2 Å². The molecule has 0 unspecified atom stereocenters. The first-order chi connectivity index (χ1) is 23.9. The number of unbranched alkanes of at least 4 members (excludes halogenated alkanes) is 4. The summed E-state index contributed by atoms with van der Waals surface area (Å²) in [5.74, 6) is -3.10. The molecule has 0 amide bonds. The van der Waals surface area contributed by atoms with Crippen LogP contribution in [0.4, 0.5) is 0 Å². The normalized spacial score (nSPS) is 9.75. The molecular weight excluding hydrogens is 776 g/mol. The predicted octanol–water partition coefficient (Wildman–Crippen LogP) is -3.30. The van der Waals surface area contributed by atoms with Gasteiger partial charge in [0.25, 0.3) is 0 Å². The number of alkyl halides is 2. The number of rotatable bonds is 23. The number of aliphatic carboxylic acids is 5. The third kappa shape index (κ3) is 69.3. The SMILES string of the molecule is CC(C)(CCCCOCCCCC(C)(C)C(=O)O)C(=O)O.CC(C)C(=O)O.CC(C)C(=O)[O-].CO.C[C-](C)C(=O)[O-].ClCCCCOCCCCCl.[Li+].[Na+].[Na+]. The Bertz CT molecular complexity index is 799. The molecule has 0 aromatic heterocycles. The quantitative estimate of drug-likeness (QED) is 0.0342. The molecule has 0 radical (unpaired) electrons. The summed E-state index contributed by atoms with van der Waals surface area (Å²) in [4.78, 5) is 50.7. The van der Waals surface area contributed by atoms with Gasteiger partial charge in [0, 0.05) is 51.3 Å². The fraction of sp³-hybridized carbons (Fsp3) is 0.838. The minimum atomic E-state index is -1.07. The molecule has 0 heterocycles. The Morgan fingerprint density at radius 2 is 0.818 bits per heavy atom. The van der Waals surface area contributed by atoms with E-state index in [2.05, 4.69) is 0 Å². The summed E-state index contributed by atoms with van der Waals surface area (Å²) >= 11 is 11.0. The van der Waals surface area contributed by atoms with E-state index in [9.17, 15) is 34.2 Å². The van der Waals surface area contributed by atoms with Crippen molar-refractivity contribution >= 4 is 53.0 Å². The van der Waals surface area contributed by atoms with Gasteiger partial charge in [-0.25, -0.2) is 0 Å². The summed E-state index contributed by atoms with van der Waals surface area (Å²) in [6, 6.07) is 0. The van der Waals surface area contributed by atoms with E-state index in [0.29, 0.717) is 32.0 Å². The maximum atomic E-state index is 10.9. The van der Waals surface area contributed by atoms with Crippen LogP contribution in [-0.2, 0) is 33.4 Å². The van der Waals surface area contributed by atoms with E-state index >= 15 is 0 Å². The zero-order valence-electron chi connectivity index (χ0n) is 36.7. The molecule has 0 aromatic carbocycles. The van der Waals surface area contributed by atoms with Gasteiger partial charge in [-0.3, -0.25) is 14.4 Å². The topological polar surface area (TPSA) is 231 Å². The molecule has 0 aliphatic heterocycles. The van der Waals surface area contributed by atoms with Crippen LogP contribution in [-0.4, -0.2) is 95.6 Å². The van der Waals surface area contributed by atoms with Crippen molar-refractivity contribution in [3.05, 3.63) is 5.92 Å². The molecule has 0 spiro atoms. The van der Waals surface area contributed by atoms with E-state index in [4.69, 9.17) is 53.1 Å². The molecule has 18 heteroatoms. The molecule has 0 aliphatic rings. The van der Waals surface area contributed by atoms with E-state index in [1.165, 1.54) is 13.8 Å². The zero-order chi connectivity index (χ0) is 42.3. The Hall–Kier alpha value is 0.277. The Kier molecular flexibility index (Phi) is 72.3. The number of hydrogen-bond donors (Lipinski definition) is 4. The van der Waals surface area contributed by atoms with Gasteiger partial charge in [0.15, 0.2) is 0 Å². The standard InChI is InChI=1S/C16H30O5.C8H16Cl2O.2C4H8O2.C4H7O2.CH4O.Li.2Na/c1-15(2,13(17)18)9-5-7-11-21-12-8-6-10-16(3,4)14(19)20;9-5-1-3-7-11-8-4-2-6-10;3*1-3(2)4(5)6;1-2;;;/h5-12H2,1-4H3,(H,17,18)(H,19,20);1-8H2;2*3H,1-2H3,(H,5,6);1-2H3,(H,5,6);2H,1H3;;;/q;;;;-1;;3*+1/p-2. The summed E-state index contributed by atoms with van der Waals surface area (Å²) < 4.78 is 10.8. The molecule has 0 atom stereocenters. The Balaban J connectivity index is -0.0000000749. The van der Waals surface area contributed by atoms with Crippen molar-refractivity contribution in [2.45, 2.75) is 133 Å². The number of carboxylic acids is 5. The molecule has 0 bridgehead atoms. The molecule has 55 heavy (non-hydrogen) atoms. The van der Waals surface area contributed by atoms with E-state index in [1.807, 2.05) is 0 Å². The minimum absolute atomic E-state index is 0. The molecule has 0 aromatic rings. The fourth-order valence-corrected chi connectivity index (χ4v) is 2.94. The van der Waals surface area contributed by atoms with Gasteiger partial charge in [0.05, 0.1) is 16.7 Å². The largest absolute Gasteiger partial charge is 1.00 e. The van der Waals surface area contributed by atoms with Crippen LogP contribution in [0.25, 0.3) is 0 Å². The van der Waals surface area contributed by atoms with Gasteiger partial charge in [-0.1, -0.05) is 46.5 Å². The maximum Gasteiger partial charge on any atom is 1.00 e. The minimum Gasteiger partial charge on any atom is -0.584 e.